The van der Waals surface area contributed by atoms with Gasteiger partial charge in [-0.25, -0.2) is 4.79 Å². The van der Waals surface area contributed by atoms with Crippen LogP contribution in [0, 0.1) is 0 Å². The molecule has 1 unspecified atom stereocenters. The van der Waals surface area contributed by atoms with E-state index in [1.54, 1.807) is 12.3 Å². The SMILES string of the molecule is CCCNCc1ccc(OC(C)C(=O)O)cn1. The summed E-state index contributed by atoms with van der Waals surface area (Å²) in [6.45, 7) is 5.25. The number of hydrogen-bond acceptors (Lipinski definition) is 4. The molecule has 1 aromatic rings. The second-order valence-electron chi connectivity index (χ2n) is 3.76. The summed E-state index contributed by atoms with van der Waals surface area (Å²) in [7, 11) is 0. The van der Waals surface area contributed by atoms with Gasteiger partial charge < -0.3 is 15.2 Å². The summed E-state index contributed by atoms with van der Waals surface area (Å²) in [4.78, 5) is 14.8. The van der Waals surface area contributed by atoms with Crippen LogP contribution in [0.1, 0.15) is 26.0 Å². The predicted molar refractivity (Wildman–Crippen MR) is 64.0 cm³/mol. The van der Waals surface area contributed by atoms with Gasteiger partial charge in [0.25, 0.3) is 0 Å². The Balaban J connectivity index is 2.47. The minimum Gasteiger partial charge on any atom is -0.479 e. The van der Waals surface area contributed by atoms with Crippen LogP contribution in [0.25, 0.3) is 0 Å². The van der Waals surface area contributed by atoms with Crippen molar-refractivity contribution in [1.29, 1.82) is 0 Å². The first-order chi connectivity index (χ1) is 8.13. The molecule has 0 spiro atoms. The number of nitrogens with zero attached hydrogens (tertiary/aromatic N) is 1. The Kier molecular flexibility index (Phi) is 5.42. The van der Waals surface area contributed by atoms with E-state index < -0.39 is 12.1 Å². The van der Waals surface area contributed by atoms with Gasteiger partial charge >= 0.3 is 5.97 Å². The Labute approximate surface area is 101 Å². The number of ether oxygens (including phenoxy) is 1. The third kappa shape index (κ3) is 4.82. The fourth-order valence-electron chi connectivity index (χ4n) is 1.23. The van der Waals surface area contributed by atoms with Crippen LogP contribution >= 0.6 is 0 Å². The van der Waals surface area contributed by atoms with E-state index in [1.807, 2.05) is 6.07 Å². The number of aliphatic carboxylic acids is 1. The molecule has 0 aromatic carbocycles. The molecule has 5 nitrogen and oxygen atoms in total. The number of carboxylic acids is 1. The highest BCUT2D eigenvalue weighted by Gasteiger charge is 2.12. The first-order valence-electron chi connectivity index (χ1n) is 5.68. The van der Waals surface area contributed by atoms with Crippen molar-refractivity contribution >= 4 is 5.97 Å². The van der Waals surface area contributed by atoms with Crippen molar-refractivity contribution in [3.8, 4) is 5.75 Å². The molecule has 1 rings (SSSR count). The van der Waals surface area contributed by atoms with Crippen molar-refractivity contribution in [3.05, 3.63) is 24.0 Å². The molecule has 0 radical (unpaired) electrons. The Morgan fingerprint density at radius 2 is 2.35 bits per heavy atom. The van der Waals surface area contributed by atoms with Crippen LogP contribution in [0.5, 0.6) is 5.75 Å². The maximum Gasteiger partial charge on any atom is 0.344 e. The zero-order chi connectivity index (χ0) is 12.7. The largest absolute Gasteiger partial charge is 0.479 e. The number of nitrogens with one attached hydrogen (secondary N) is 1. The first-order valence-corrected chi connectivity index (χ1v) is 5.68. The molecule has 17 heavy (non-hydrogen) atoms. The highest BCUT2D eigenvalue weighted by molar-refractivity contribution is 5.72. The molecule has 94 valence electrons. The molecule has 0 aliphatic rings. The van der Waals surface area contributed by atoms with Crippen LogP contribution in [0.15, 0.2) is 18.3 Å². The fourth-order valence-corrected chi connectivity index (χ4v) is 1.23. The Bertz CT molecular complexity index is 351. The van der Waals surface area contributed by atoms with Crippen LogP contribution in [0.2, 0.25) is 0 Å². The summed E-state index contributed by atoms with van der Waals surface area (Å²) in [5, 5.41) is 11.9. The van der Waals surface area contributed by atoms with Crippen LogP contribution in [-0.4, -0.2) is 28.7 Å². The molecule has 1 aromatic heterocycles. The molecule has 0 aliphatic heterocycles. The lowest BCUT2D eigenvalue weighted by atomic mass is 10.3. The van der Waals surface area contributed by atoms with Crippen LogP contribution in [0.3, 0.4) is 0 Å². The number of aromatic nitrogens is 1. The smallest absolute Gasteiger partial charge is 0.344 e. The van der Waals surface area contributed by atoms with Gasteiger partial charge in [0.05, 0.1) is 11.9 Å². The summed E-state index contributed by atoms with van der Waals surface area (Å²) in [6.07, 6.45) is 1.76. The third-order valence-electron chi connectivity index (χ3n) is 2.19. The number of carboxylic acid groups (broad SMARTS) is 1. The minimum absolute atomic E-state index is 0.471. The number of rotatable bonds is 7. The lowest BCUT2D eigenvalue weighted by molar-refractivity contribution is -0.144. The average molecular weight is 238 g/mol. The zero-order valence-corrected chi connectivity index (χ0v) is 10.1. The maximum atomic E-state index is 10.6. The quantitative estimate of drug-likeness (QED) is 0.703. The van der Waals surface area contributed by atoms with E-state index in [1.165, 1.54) is 6.92 Å². The lowest BCUT2D eigenvalue weighted by Gasteiger charge is -2.10. The van der Waals surface area contributed by atoms with Gasteiger partial charge in [0, 0.05) is 6.54 Å². The summed E-state index contributed by atoms with van der Waals surface area (Å²) in [6, 6.07) is 3.56. The number of carbonyl (C=O) groups is 1. The van der Waals surface area contributed by atoms with Crippen LogP contribution in [-0.2, 0) is 11.3 Å². The standard InChI is InChI=1S/C12H18N2O3/c1-3-6-13-7-10-4-5-11(8-14-10)17-9(2)12(15)16/h4-5,8-9,13H,3,6-7H2,1-2H3,(H,15,16). The highest BCUT2D eigenvalue weighted by Crippen LogP contribution is 2.11. The molecule has 2 N–H and O–H groups in total. The Morgan fingerprint density at radius 1 is 1.59 bits per heavy atom. The van der Waals surface area contributed by atoms with E-state index in [0.717, 1.165) is 18.7 Å². The van der Waals surface area contributed by atoms with Gasteiger partial charge in [0.2, 0.25) is 0 Å². The van der Waals surface area contributed by atoms with Gasteiger partial charge in [0.1, 0.15) is 5.75 Å². The maximum absolute atomic E-state index is 10.6. The van der Waals surface area contributed by atoms with Gasteiger partial charge in [-0.2, -0.15) is 0 Å². The Morgan fingerprint density at radius 3 is 2.88 bits per heavy atom. The van der Waals surface area contributed by atoms with E-state index in [0.29, 0.717) is 12.3 Å². The van der Waals surface area contributed by atoms with Gasteiger partial charge in [-0.1, -0.05) is 6.92 Å². The van der Waals surface area contributed by atoms with Crippen LogP contribution < -0.4 is 10.1 Å². The predicted octanol–water partition coefficient (Wildman–Crippen LogP) is 1.43. The summed E-state index contributed by atoms with van der Waals surface area (Å²) < 4.78 is 5.17. The van der Waals surface area contributed by atoms with Crippen LogP contribution in [0.4, 0.5) is 0 Å². The van der Waals surface area contributed by atoms with Crippen molar-refractivity contribution < 1.29 is 14.6 Å². The molecule has 0 bridgehead atoms. The van der Waals surface area contributed by atoms with Gasteiger partial charge in [-0.3, -0.25) is 4.98 Å². The first kappa shape index (κ1) is 13.4. The monoisotopic (exact) mass is 238 g/mol. The zero-order valence-electron chi connectivity index (χ0n) is 10.1. The van der Waals surface area contributed by atoms with Crippen molar-refractivity contribution in [2.45, 2.75) is 32.9 Å². The van der Waals surface area contributed by atoms with Crippen molar-refractivity contribution in [2.75, 3.05) is 6.54 Å². The molecule has 0 saturated carbocycles. The molecular weight excluding hydrogens is 220 g/mol. The lowest BCUT2D eigenvalue weighted by Crippen LogP contribution is -2.23. The fraction of sp³-hybridized carbons (Fsp3) is 0.500. The van der Waals surface area contributed by atoms with Gasteiger partial charge in [-0.05, 0) is 32.0 Å². The summed E-state index contributed by atoms with van der Waals surface area (Å²) in [5.74, 6) is -0.516. The van der Waals surface area contributed by atoms with E-state index in [2.05, 4.69) is 17.2 Å². The van der Waals surface area contributed by atoms with Gasteiger partial charge in [-0.15, -0.1) is 0 Å². The number of pyridine rings is 1. The van der Waals surface area contributed by atoms with Crippen molar-refractivity contribution in [1.82, 2.24) is 10.3 Å². The number of hydrogen-bond donors (Lipinski definition) is 2. The molecule has 1 atom stereocenters. The molecule has 0 fully saturated rings. The van der Waals surface area contributed by atoms with Gasteiger partial charge in [0.15, 0.2) is 6.10 Å². The molecule has 5 heteroatoms. The van der Waals surface area contributed by atoms with Crippen molar-refractivity contribution in [3.63, 3.8) is 0 Å². The third-order valence-corrected chi connectivity index (χ3v) is 2.19. The molecule has 0 amide bonds. The minimum atomic E-state index is -0.987. The average Bonchev–Trinajstić information content (AvgIpc) is 2.31. The summed E-state index contributed by atoms with van der Waals surface area (Å²) >= 11 is 0. The van der Waals surface area contributed by atoms with E-state index in [4.69, 9.17) is 9.84 Å². The Hall–Kier alpha value is -1.62. The van der Waals surface area contributed by atoms with E-state index >= 15 is 0 Å². The van der Waals surface area contributed by atoms with E-state index in [9.17, 15) is 4.79 Å². The second kappa shape index (κ2) is 6.85. The normalized spacial score (nSPS) is 12.1. The molecule has 0 aliphatic carbocycles. The topological polar surface area (TPSA) is 71.5 Å². The molecular formula is C12H18N2O3. The second-order valence-corrected chi connectivity index (χ2v) is 3.76. The van der Waals surface area contributed by atoms with E-state index in [-0.39, 0.29) is 0 Å². The molecule has 1 heterocycles. The highest BCUT2D eigenvalue weighted by atomic mass is 16.5. The van der Waals surface area contributed by atoms with Crippen molar-refractivity contribution in [2.24, 2.45) is 0 Å². The molecule has 0 saturated heterocycles. The summed E-state index contributed by atoms with van der Waals surface area (Å²) in [5.41, 5.74) is 0.911.